The van der Waals surface area contributed by atoms with E-state index in [9.17, 15) is 0 Å². The second-order valence-corrected chi connectivity index (χ2v) is 5.94. The van der Waals surface area contributed by atoms with Crippen molar-refractivity contribution in [2.24, 2.45) is 4.99 Å². The molecule has 0 fully saturated rings. The van der Waals surface area contributed by atoms with Crippen molar-refractivity contribution in [3.8, 4) is 0 Å². The summed E-state index contributed by atoms with van der Waals surface area (Å²) in [5, 5.41) is 6.73. The molecular weight excluding hydrogens is 421 g/mol. The highest BCUT2D eigenvalue weighted by molar-refractivity contribution is 14.0. The number of nitrogens with zero attached hydrogens (tertiary/aromatic N) is 1. The smallest absolute Gasteiger partial charge is 0.191 e. The maximum absolute atomic E-state index is 5.52. The molecule has 0 unspecified atom stereocenters. The summed E-state index contributed by atoms with van der Waals surface area (Å²) in [4.78, 5) is 4.27. The number of ether oxygens (including phenoxy) is 1. The minimum absolute atomic E-state index is 0. The first kappa shape index (κ1) is 22.5. The summed E-state index contributed by atoms with van der Waals surface area (Å²) in [5.41, 5.74) is 2.48. The topological polar surface area (TPSA) is 45.6 Å². The van der Waals surface area contributed by atoms with E-state index >= 15 is 0 Å². The molecule has 0 heterocycles. The van der Waals surface area contributed by atoms with Crippen molar-refractivity contribution in [2.45, 2.75) is 32.9 Å². The Morgan fingerprint density at radius 2 is 1.91 bits per heavy atom. The molecule has 4 nitrogen and oxygen atoms in total. The first-order valence-corrected chi connectivity index (χ1v) is 9.29. The molecular formula is C17H30IN3OS. The van der Waals surface area contributed by atoms with Crippen LogP contribution < -0.4 is 10.6 Å². The van der Waals surface area contributed by atoms with Crippen LogP contribution >= 0.6 is 35.7 Å². The quantitative estimate of drug-likeness (QED) is 0.247. The molecule has 0 radical (unpaired) electrons. The van der Waals surface area contributed by atoms with Gasteiger partial charge in [0.1, 0.15) is 0 Å². The van der Waals surface area contributed by atoms with Crippen molar-refractivity contribution >= 4 is 41.7 Å². The number of guanidine groups is 1. The van der Waals surface area contributed by atoms with E-state index in [0.717, 1.165) is 25.7 Å². The van der Waals surface area contributed by atoms with Gasteiger partial charge in [-0.1, -0.05) is 24.3 Å². The molecule has 0 aliphatic heterocycles. The van der Waals surface area contributed by atoms with Crippen LogP contribution in [-0.2, 0) is 17.9 Å². The van der Waals surface area contributed by atoms with Crippen molar-refractivity contribution in [2.75, 3.05) is 32.2 Å². The molecule has 1 aromatic carbocycles. The molecule has 132 valence electrons. The van der Waals surface area contributed by atoms with Crippen LogP contribution in [0.4, 0.5) is 0 Å². The van der Waals surface area contributed by atoms with Gasteiger partial charge in [0.25, 0.3) is 0 Å². The number of halogens is 1. The maximum atomic E-state index is 5.52. The fourth-order valence-corrected chi connectivity index (χ4v) is 2.55. The number of hydrogen-bond donors (Lipinski definition) is 2. The standard InChI is InChI=1S/C17H29N3OS.HI/c1-4-21-14-16-10-6-5-9-15(16)13-20-17(18-2)19-11-7-8-12-22-3;/h5-6,9-10H,4,7-8,11-14H2,1-3H3,(H2,18,19,20);1H. The largest absolute Gasteiger partial charge is 0.377 e. The summed E-state index contributed by atoms with van der Waals surface area (Å²) in [5.74, 6) is 2.08. The third-order valence-electron chi connectivity index (χ3n) is 3.32. The number of benzene rings is 1. The third-order valence-corrected chi connectivity index (χ3v) is 4.01. The Balaban J connectivity index is 0.00000484. The van der Waals surface area contributed by atoms with Gasteiger partial charge in [-0.3, -0.25) is 4.99 Å². The Morgan fingerprint density at radius 1 is 1.17 bits per heavy atom. The van der Waals surface area contributed by atoms with Gasteiger partial charge in [0, 0.05) is 26.7 Å². The molecule has 1 aromatic rings. The molecule has 0 amide bonds. The lowest BCUT2D eigenvalue weighted by Gasteiger charge is -2.14. The van der Waals surface area contributed by atoms with E-state index < -0.39 is 0 Å². The van der Waals surface area contributed by atoms with Gasteiger partial charge < -0.3 is 15.4 Å². The fourth-order valence-electron chi connectivity index (χ4n) is 2.06. The predicted octanol–water partition coefficient (Wildman–Crippen LogP) is 3.65. The van der Waals surface area contributed by atoms with Crippen molar-refractivity contribution in [3.05, 3.63) is 35.4 Å². The van der Waals surface area contributed by atoms with Crippen LogP contribution in [-0.4, -0.2) is 38.2 Å². The van der Waals surface area contributed by atoms with Gasteiger partial charge in [-0.2, -0.15) is 11.8 Å². The second-order valence-electron chi connectivity index (χ2n) is 4.96. The van der Waals surface area contributed by atoms with E-state index in [1.54, 1.807) is 0 Å². The van der Waals surface area contributed by atoms with Gasteiger partial charge in [-0.15, -0.1) is 24.0 Å². The van der Waals surface area contributed by atoms with E-state index in [2.05, 4.69) is 46.1 Å². The van der Waals surface area contributed by atoms with Crippen LogP contribution in [0.3, 0.4) is 0 Å². The number of aliphatic imine (C=N–C) groups is 1. The molecule has 0 aliphatic carbocycles. The Bertz CT molecular complexity index is 444. The van der Waals surface area contributed by atoms with Crippen LogP contribution in [0, 0.1) is 0 Å². The lowest BCUT2D eigenvalue weighted by atomic mass is 10.1. The summed E-state index contributed by atoms with van der Waals surface area (Å²) in [7, 11) is 1.81. The molecule has 0 saturated heterocycles. The number of unbranched alkanes of at least 4 members (excludes halogenated alkanes) is 1. The lowest BCUT2D eigenvalue weighted by Crippen LogP contribution is -2.37. The van der Waals surface area contributed by atoms with Crippen LogP contribution in [0.2, 0.25) is 0 Å². The second kappa shape index (κ2) is 15.1. The summed E-state index contributed by atoms with van der Waals surface area (Å²) in [6.45, 7) is 5.13. The average molecular weight is 451 g/mol. The van der Waals surface area contributed by atoms with Crippen molar-refractivity contribution in [1.29, 1.82) is 0 Å². The van der Waals surface area contributed by atoms with Gasteiger partial charge in [0.2, 0.25) is 0 Å². The molecule has 0 spiro atoms. The van der Waals surface area contributed by atoms with Crippen LogP contribution in [0.5, 0.6) is 0 Å². The van der Waals surface area contributed by atoms with Crippen LogP contribution in [0.25, 0.3) is 0 Å². The number of thioether (sulfide) groups is 1. The van der Waals surface area contributed by atoms with Crippen molar-refractivity contribution in [1.82, 2.24) is 10.6 Å². The molecule has 0 saturated carbocycles. The van der Waals surface area contributed by atoms with Gasteiger partial charge in [0.15, 0.2) is 5.96 Å². The van der Waals surface area contributed by atoms with Gasteiger partial charge >= 0.3 is 0 Å². The summed E-state index contributed by atoms with van der Waals surface area (Å²) in [6.07, 6.45) is 4.55. The van der Waals surface area contributed by atoms with Crippen molar-refractivity contribution in [3.63, 3.8) is 0 Å². The third kappa shape index (κ3) is 10.1. The highest BCUT2D eigenvalue weighted by Crippen LogP contribution is 2.09. The van der Waals surface area contributed by atoms with Crippen LogP contribution in [0.15, 0.2) is 29.3 Å². The SMILES string of the molecule is CCOCc1ccccc1CNC(=NC)NCCCCSC.I. The minimum atomic E-state index is 0. The molecule has 2 N–H and O–H groups in total. The fraction of sp³-hybridized carbons (Fsp3) is 0.588. The summed E-state index contributed by atoms with van der Waals surface area (Å²) < 4.78 is 5.52. The van der Waals surface area contributed by atoms with E-state index in [4.69, 9.17) is 4.74 Å². The monoisotopic (exact) mass is 451 g/mol. The molecule has 0 aromatic heterocycles. The number of rotatable bonds is 10. The Kier molecular flexibility index (Phi) is 14.8. The average Bonchev–Trinajstić information content (AvgIpc) is 2.56. The van der Waals surface area contributed by atoms with Gasteiger partial charge in [0.05, 0.1) is 6.61 Å². The van der Waals surface area contributed by atoms with Crippen molar-refractivity contribution < 1.29 is 4.74 Å². The Morgan fingerprint density at radius 3 is 2.57 bits per heavy atom. The highest BCUT2D eigenvalue weighted by Gasteiger charge is 2.03. The maximum Gasteiger partial charge on any atom is 0.191 e. The molecule has 0 aliphatic rings. The predicted molar refractivity (Wildman–Crippen MR) is 113 cm³/mol. The molecule has 0 bridgehead atoms. The number of hydrogen-bond acceptors (Lipinski definition) is 3. The Hall–Kier alpha value is -0.470. The molecule has 6 heteroatoms. The van der Waals surface area contributed by atoms with E-state index in [-0.39, 0.29) is 24.0 Å². The zero-order valence-electron chi connectivity index (χ0n) is 14.4. The zero-order chi connectivity index (χ0) is 16.0. The molecule has 0 atom stereocenters. The van der Waals surface area contributed by atoms with E-state index in [1.807, 2.05) is 25.7 Å². The highest BCUT2D eigenvalue weighted by atomic mass is 127. The summed E-state index contributed by atoms with van der Waals surface area (Å²) >= 11 is 1.90. The zero-order valence-corrected chi connectivity index (χ0v) is 17.6. The Labute approximate surface area is 162 Å². The first-order chi connectivity index (χ1) is 10.8. The first-order valence-electron chi connectivity index (χ1n) is 7.89. The van der Waals surface area contributed by atoms with E-state index in [1.165, 1.54) is 29.7 Å². The van der Waals surface area contributed by atoms with Crippen LogP contribution in [0.1, 0.15) is 30.9 Å². The number of nitrogens with one attached hydrogen (secondary N) is 2. The summed E-state index contributed by atoms with van der Waals surface area (Å²) in [6, 6.07) is 8.36. The normalized spacial score (nSPS) is 11.0. The molecule has 1 rings (SSSR count). The van der Waals surface area contributed by atoms with E-state index in [0.29, 0.717) is 6.61 Å². The lowest BCUT2D eigenvalue weighted by molar-refractivity contribution is 0.133. The van der Waals surface area contributed by atoms with Gasteiger partial charge in [-0.05, 0) is 42.9 Å². The minimum Gasteiger partial charge on any atom is -0.377 e. The van der Waals surface area contributed by atoms with Gasteiger partial charge in [-0.25, -0.2) is 0 Å². The molecule has 23 heavy (non-hydrogen) atoms.